The number of benzene rings is 1. The van der Waals surface area contributed by atoms with Crippen LogP contribution in [0.25, 0.3) is 11.5 Å². The van der Waals surface area contributed by atoms with Gasteiger partial charge in [-0.15, -0.1) is 13.2 Å². The van der Waals surface area contributed by atoms with Gasteiger partial charge in [0, 0.05) is 5.56 Å². The number of ether oxygens (including phenoxy) is 1. The summed E-state index contributed by atoms with van der Waals surface area (Å²) in [6, 6.07) is 4.14. The zero-order chi connectivity index (χ0) is 14.8. The average Bonchev–Trinajstić information content (AvgIpc) is 2.86. The van der Waals surface area contributed by atoms with Crippen LogP contribution in [-0.4, -0.2) is 28.2 Å². The van der Waals surface area contributed by atoms with Crippen molar-refractivity contribution in [1.29, 1.82) is 0 Å². The van der Waals surface area contributed by atoms with Crippen molar-refractivity contribution >= 4 is 0 Å². The maximum absolute atomic E-state index is 12.0. The zero-order valence-corrected chi connectivity index (χ0v) is 9.96. The highest BCUT2D eigenvalue weighted by Gasteiger charge is 2.31. The highest BCUT2D eigenvalue weighted by molar-refractivity contribution is 5.54. The Morgan fingerprint density at radius 1 is 1.30 bits per heavy atom. The Balaban J connectivity index is 2.15. The molecule has 6 nitrogen and oxygen atoms in total. The van der Waals surface area contributed by atoms with E-state index in [2.05, 4.69) is 14.9 Å². The summed E-state index contributed by atoms with van der Waals surface area (Å²) in [4.78, 5) is 3.93. The van der Waals surface area contributed by atoms with Crippen LogP contribution in [0.15, 0.2) is 28.8 Å². The van der Waals surface area contributed by atoms with Gasteiger partial charge in [0.25, 0.3) is 5.89 Å². The molecule has 0 amide bonds. The molecule has 0 saturated heterocycles. The first-order valence-electron chi connectivity index (χ1n) is 5.45. The van der Waals surface area contributed by atoms with Crippen molar-refractivity contribution in [2.75, 3.05) is 6.61 Å². The molecule has 0 aliphatic heterocycles. The predicted molar refractivity (Wildman–Crippen MR) is 60.4 cm³/mol. The molecule has 1 aromatic heterocycles. The van der Waals surface area contributed by atoms with Crippen LogP contribution >= 0.6 is 0 Å². The number of aliphatic hydroxyl groups is 1. The third-order valence-corrected chi connectivity index (χ3v) is 2.30. The van der Waals surface area contributed by atoms with Gasteiger partial charge in [-0.25, -0.2) is 0 Å². The Kier molecular flexibility index (Phi) is 3.91. The summed E-state index contributed by atoms with van der Waals surface area (Å²) < 4.78 is 44.6. The topological polar surface area (TPSA) is 94.4 Å². The summed E-state index contributed by atoms with van der Waals surface area (Å²) in [5.41, 5.74) is 5.91. The normalized spacial score (nSPS) is 13.2. The number of hydrogen-bond donors (Lipinski definition) is 2. The van der Waals surface area contributed by atoms with Gasteiger partial charge in [0.1, 0.15) is 5.75 Å². The third kappa shape index (κ3) is 3.45. The highest BCUT2D eigenvalue weighted by Crippen LogP contribution is 2.26. The number of nitrogens with two attached hydrogens (primary N) is 1. The fourth-order valence-electron chi connectivity index (χ4n) is 1.38. The molecule has 1 unspecified atom stereocenters. The van der Waals surface area contributed by atoms with Gasteiger partial charge in [-0.05, 0) is 24.3 Å². The molecule has 0 bridgehead atoms. The number of rotatable bonds is 4. The van der Waals surface area contributed by atoms with E-state index in [0.29, 0.717) is 5.56 Å². The van der Waals surface area contributed by atoms with Gasteiger partial charge in [-0.2, -0.15) is 4.98 Å². The van der Waals surface area contributed by atoms with Gasteiger partial charge in [-0.3, -0.25) is 0 Å². The molecule has 0 fully saturated rings. The molecule has 2 aromatic rings. The van der Waals surface area contributed by atoms with Crippen molar-refractivity contribution in [2.24, 2.45) is 5.73 Å². The van der Waals surface area contributed by atoms with E-state index >= 15 is 0 Å². The number of hydrogen-bond acceptors (Lipinski definition) is 6. The zero-order valence-electron chi connectivity index (χ0n) is 9.96. The molecule has 3 N–H and O–H groups in total. The first kappa shape index (κ1) is 14.3. The minimum atomic E-state index is -4.74. The van der Waals surface area contributed by atoms with Crippen molar-refractivity contribution in [3.8, 4) is 17.2 Å². The quantitative estimate of drug-likeness (QED) is 0.888. The van der Waals surface area contributed by atoms with Crippen LogP contribution in [0.3, 0.4) is 0 Å². The summed E-state index contributed by atoms with van der Waals surface area (Å²) in [6.45, 7) is -0.350. The lowest BCUT2D eigenvalue weighted by atomic mass is 10.2. The summed E-state index contributed by atoms with van der Waals surface area (Å²) in [5.74, 6) is -0.159. The second-order valence-electron chi connectivity index (χ2n) is 3.82. The van der Waals surface area contributed by atoms with Gasteiger partial charge in [0.05, 0.1) is 12.6 Å². The van der Waals surface area contributed by atoms with Crippen LogP contribution in [0.1, 0.15) is 11.9 Å². The van der Waals surface area contributed by atoms with Crippen molar-refractivity contribution in [1.82, 2.24) is 10.1 Å². The summed E-state index contributed by atoms with van der Waals surface area (Å²) in [5, 5.41) is 12.4. The number of nitrogens with zero attached hydrogens (tertiary/aromatic N) is 2. The number of aromatic nitrogens is 2. The Labute approximate surface area is 111 Å². The summed E-state index contributed by atoms with van der Waals surface area (Å²) >= 11 is 0. The lowest BCUT2D eigenvalue weighted by Crippen LogP contribution is -2.16. The molecule has 0 saturated carbocycles. The van der Waals surface area contributed by atoms with Crippen LogP contribution in [0.4, 0.5) is 13.2 Å². The first-order chi connectivity index (χ1) is 9.39. The Morgan fingerprint density at radius 3 is 2.50 bits per heavy atom. The molecule has 20 heavy (non-hydrogen) atoms. The minimum Gasteiger partial charge on any atom is -0.406 e. The molecule has 2 rings (SSSR count). The SMILES string of the molecule is NC(CO)c1noc(-c2ccc(OC(F)(F)F)cc2)n1. The lowest BCUT2D eigenvalue weighted by Gasteiger charge is -2.08. The fraction of sp³-hybridized carbons (Fsp3) is 0.273. The number of alkyl halides is 3. The molecule has 1 heterocycles. The van der Waals surface area contributed by atoms with Gasteiger partial charge >= 0.3 is 6.36 Å². The van der Waals surface area contributed by atoms with E-state index < -0.39 is 12.4 Å². The molecule has 0 aliphatic carbocycles. The Hall–Kier alpha value is -2.13. The fourth-order valence-corrected chi connectivity index (χ4v) is 1.38. The molecule has 0 aliphatic rings. The predicted octanol–water partition coefficient (Wildman–Crippen LogP) is 1.63. The second kappa shape index (κ2) is 5.47. The molecular formula is C11H10F3N3O3. The maximum atomic E-state index is 12.0. The highest BCUT2D eigenvalue weighted by atomic mass is 19.4. The molecular weight excluding hydrogens is 279 g/mol. The van der Waals surface area contributed by atoms with Crippen molar-refractivity contribution in [3.63, 3.8) is 0 Å². The van der Waals surface area contributed by atoms with E-state index in [4.69, 9.17) is 15.4 Å². The Bertz CT molecular complexity index is 568. The smallest absolute Gasteiger partial charge is 0.406 e. The molecule has 1 aromatic carbocycles. The van der Waals surface area contributed by atoms with Gasteiger partial charge < -0.3 is 20.1 Å². The summed E-state index contributed by atoms with van der Waals surface area (Å²) in [7, 11) is 0. The molecule has 9 heteroatoms. The van der Waals surface area contributed by atoms with E-state index in [-0.39, 0.29) is 24.1 Å². The largest absolute Gasteiger partial charge is 0.573 e. The van der Waals surface area contributed by atoms with Gasteiger partial charge in [0.2, 0.25) is 0 Å². The van der Waals surface area contributed by atoms with E-state index in [1.54, 1.807) is 0 Å². The van der Waals surface area contributed by atoms with Crippen LogP contribution in [0, 0.1) is 0 Å². The molecule has 108 valence electrons. The van der Waals surface area contributed by atoms with Crippen LogP contribution in [0.5, 0.6) is 5.75 Å². The van der Waals surface area contributed by atoms with E-state index in [0.717, 1.165) is 12.1 Å². The van der Waals surface area contributed by atoms with Gasteiger partial charge in [-0.1, -0.05) is 5.16 Å². The molecule has 0 radical (unpaired) electrons. The third-order valence-electron chi connectivity index (χ3n) is 2.30. The molecule has 1 atom stereocenters. The van der Waals surface area contributed by atoms with Crippen molar-refractivity contribution < 1.29 is 27.5 Å². The van der Waals surface area contributed by atoms with Gasteiger partial charge in [0.15, 0.2) is 5.82 Å². The Morgan fingerprint density at radius 2 is 1.95 bits per heavy atom. The molecule has 0 spiro atoms. The standard InChI is InChI=1S/C11H10F3N3O3/c12-11(13,14)19-7-3-1-6(2-4-7)10-16-9(17-20-10)8(15)5-18/h1-4,8,18H,5,15H2. The van der Waals surface area contributed by atoms with Crippen molar-refractivity contribution in [3.05, 3.63) is 30.1 Å². The van der Waals surface area contributed by atoms with E-state index in [1.807, 2.05) is 0 Å². The van der Waals surface area contributed by atoms with Crippen LogP contribution in [-0.2, 0) is 0 Å². The van der Waals surface area contributed by atoms with E-state index in [1.165, 1.54) is 12.1 Å². The minimum absolute atomic E-state index is 0.0856. The van der Waals surface area contributed by atoms with E-state index in [9.17, 15) is 13.2 Å². The van der Waals surface area contributed by atoms with Crippen molar-refractivity contribution in [2.45, 2.75) is 12.4 Å². The number of halogens is 3. The van der Waals surface area contributed by atoms with Crippen LogP contribution < -0.4 is 10.5 Å². The number of aliphatic hydroxyl groups excluding tert-OH is 1. The summed E-state index contributed by atoms with van der Waals surface area (Å²) in [6.07, 6.45) is -4.74. The first-order valence-corrected chi connectivity index (χ1v) is 5.45. The van der Waals surface area contributed by atoms with Crippen LogP contribution in [0.2, 0.25) is 0 Å². The average molecular weight is 289 g/mol. The maximum Gasteiger partial charge on any atom is 0.573 e. The lowest BCUT2D eigenvalue weighted by molar-refractivity contribution is -0.274. The monoisotopic (exact) mass is 289 g/mol. The second-order valence-corrected chi connectivity index (χ2v) is 3.82.